The first-order valence-corrected chi connectivity index (χ1v) is 14.6. The normalized spacial score (nSPS) is 23.2. The fraction of sp³-hybridized carbons (Fsp3) is 0.636. The quantitative estimate of drug-likeness (QED) is 0.376. The lowest BCUT2D eigenvalue weighted by Crippen LogP contribution is -2.49. The molecule has 2 saturated heterocycles. The molecule has 0 radical (unpaired) electrons. The van der Waals surface area contributed by atoms with Crippen LogP contribution >= 0.6 is 0 Å². The van der Waals surface area contributed by atoms with Crippen molar-refractivity contribution < 1.29 is 9.47 Å². The number of hydrogen-bond acceptors (Lipinski definition) is 4. The molecule has 4 nitrogen and oxygen atoms in total. The molecule has 0 spiro atoms. The van der Waals surface area contributed by atoms with Crippen molar-refractivity contribution >= 4 is 0 Å². The Morgan fingerprint density at radius 2 is 1.32 bits per heavy atom. The van der Waals surface area contributed by atoms with Crippen molar-refractivity contribution in [1.29, 1.82) is 0 Å². The van der Waals surface area contributed by atoms with Gasteiger partial charge in [0.2, 0.25) is 0 Å². The third kappa shape index (κ3) is 7.74. The number of hydrogen-bond donors (Lipinski definition) is 0. The Bertz CT molecular complexity index is 955. The van der Waals surface area contributed by atoms with Crippen LogP contribution in [0.4, 0.5) is 0 Å². The van der Waals surface area contributed by atoms with Crippen molar-refractivity contribution in [1.82, 2.24) is 9.80 Å². The van der Waals surface area contributed by atoms with Crippen LogP contribution in [0.5, 0.6) is 11.5 Å². The van der Waals surface area contributed by atoms with E-state index in [1.807, 2.05) is 0 Å². The number of rotatable bonds is 8. The van der Waals surface area contributed by atoms with E-state index in [0.29, 0.717) is 30.2 Å². The average Bonchev–Trinajstić information content (AvgIpc) is 2.86. The maximum atomic E-state index is 6.44. The Morgan fingerprint density at radius 1 is 0.784 bits per heavy atom. The van der Waals surface area contributed by atoms with Crippen LogP contribution in [0.1, 0.15) is 90.7 Å². The van der Waals surface area contributed by atoms with Crippen LogP contribution in [0, 0.1) is 0 Å². The molecule has 37 heavy (non-hydrogen) atoms. The molecule has 2 aromatic carbocycles. The highest BCUT2D eigenvalue weighted by Gasteiger charge is 2.31. The monoisotopic (exact) mass is 506 g/mol. The molecule has 0 N–H and O–H groups in total. The van der Waals surface area contributed by atoms with Crippen molar-refractivity contribution in [3.05, 3.63) is 59.7 Å². The van der Waals surface area contributed by atoms with Crippen molar-refractivity contribution in [2.75, 3.05) is 26.7 Å². The van der Waals surface area contributed by atoms with E-state index < -0.39 is 0 Å². The highest BCUT2D eigenvalue weighted by atomic mass is 16.5. The minimum atomic E-state index is 0.178. The summed E-state index contributed by atoms with van der Waals surface area (Å²) in [5.74, 6) is 2.58. The van der Waals surface area contributed by atoms with E-state index in [4.69, 9.17) is 9.47 Å². The van der Waals surface area contributed by atoms with Gasteiger partial charge in [0.15, 0.2) is 0 Å². The summed E-state index contributed by atoms with van der Waals surface area (Å²) in [5, 5.41) is 0. The lowest BCUT2D eigenvalue weighted by molar-refractivity contribution is 0.0375. The fourth-order valence-corrected chi connectivity index (χ4v) is 5.84. The van der Waals surface area contributed by atoms with E-state index in [-0.39, 0.29) is 5.41 Å². The minimum Gasteiger partial charge on any atom is -0.490 e. The van der Waals surface area contributed by atoms with Gasteiger partial charge < -0.3 is 19.3 Å². The van der Waals surface area contributed by atoms with Gasteiger partial charge in [-0.2, -0.15) is 0 Å². The molecular formula is C33H50N2O2. The van der Waals surface area contributed by atoms with Gasteiger partial charge in [-0.05, 0) is 92.8 Å². The zero-order chi connectivity index (χ0) is 26.6. The van der Waals surface area contributed by atoms with Crippen molar-refractivity contribution in [2.24, 2.45) is 0 Å². The van der Waals surface area contributed by atoms with Crippen LogP contribution in [0.15, 0.2) is 48.5 Å². The molecule has 2 aliphatic rings. The van der Waals surface area contributed by atoms with Crippen molar-refractivity contribution in [3.8, 4) is 11.5 Å². The summed E-state index contributed by atoms with van der Waals surface area (Å²) in [7, 11) is 2.29. The molecule has 3 unspecified atom stereocenters. The third-order valence-corrected chi connectivity index (χ3v) is 8.55. The molecule has 2 aliphatic heterocycles. The molecule has 4 rings (SSSR count). The van der Waals surface area contributed by atoms with Crippen LogP contribution < -0.4 is 9.47 Å². The van der Waals surface area contributed by atoms with Gasteiger partial charge in [-0.15, -0.1) is 0 Å². The van der Waals surface area contributed by atoms with Gasteiger partial charge in [0.1, 0.15) is 23.7 Å². The van der Waals surface area contributed by atoms with Crippen LogP contribution in [0.25, 0.3) is 0 Å². The van der Waals surface area contributed by atoms with Gasteiger partial charge in [-0.1, -0.05) is 58.9 Å². The highest BCUT2D eigenvalue weighted by molar-refractivity contribution is 5.31. The van der Waals surface area contributed by atoms with Gasteiger partial charge in [0.25, 0.3) is 0 Å². The van der Waals surface area contributed by atoms with Gasteiger partial charge in [-0.25, -0.2) is 0 Å². The molecule has 2 heterocycles. The summed E-state index contributed by atoms with van der Waals surface area (Å²) in [6.07, 6.45) is 6.24. The molecule has 4 heteroatoms. The Labute approximate surface area is 226 Å². The minimum absolute atomic E-state index is 0.178. The van der Waals surface area contributed by atoms with E-state index in [9.17, 15) is 0 Å². The zero-order valence-corrected chi connectivity index (χ0v) is 24.4. The second-order valence-electron chi connectivity index (χ2n) is 12.8. The molecule has 3 atom stereocenters. The second-order valence-corrected chi connectivity index (χ2v) is 12.8. The summed E-state index contributed by atoms with van der Waals surface area (Å²) in [5.41, 5.74) is 2.90. The molecule has 0 aromatic heterocycles. The number of ether oxygens (including phenoxy) is 2. The lowest BCUT2D eigenvalue weighted by atomic mass is 9.87. The molecule has 0 saturated carbocycles. The topological polar surface area (TPSA) is 24.9 Å². The zero-order valence-electron chi connectivity index (χ0n) is 24.4. The predicted molar refractivity (Wildman–Crippen MR) is 155 cm³/mol. The summed E-state index contributed by atoms with van der Waals surface area (Å²) in [6, 6.07) is 18.6. The van der Waals surface area contributed by atoms with E-state index >= 15 is 0 Å². The first-order chi connectivity index (χ1) is 17.6. The Kier molecular flexibility index (Phi) is 9.24. The molecular weight excluding hydrogens is 456 g/mol. The van der Waals surface area contributed by atoms with Crippen LogP contribution in [0.2, 0.25) is 0 Å². The number of likely N-dealkylation sites (tertiary alicyclic amines) is 2. The fourth-order valence-electron chi connectivity index (χ4n) is 5.84. The van der Waals surface area contributed by atoms with Crippen LogP contribution in [-0.4, -0.2) is 60.8 Å². The van der Waals surface area contributed by atoms with Crippen LogP contribution in [-0.2, 0) is 5.41 Å². The molecule has 0 bridgehead atoms. The highest BCUT2D eigenvalue weighted by Crippen LogP contribution is 2.29. The van der Waals surface area contributed by atoms with Gasteiger partial charge in [0, 0.05) is 31.7 Å². The lowest BCUT2D eigenvalue weighted by Gasteiger charge is -2.42. The number of nitrogens with zero attached hydrogens (tertiary/aromatic N) is 2. The SMILES string of the molecule is CC(C)c1ccc(OC2CCN(C)C(CC(C)N3CCC(Oc4ccc(C(C)(C)C)cc4)CC3)C2)cc1. The Balaban J connectivity index is 1.23. The molecule has 0 amide bonds. The average molecular weight is 507 g/mol. The third-order valence-electron chi connectivity index (χ3n) is 8.55. The second kappa shape index (κ2) is 12.2. The van der Waals surface area contributed by atoms with E-state index in [1.165, 1.54) is 17.5 Å². The van der Waals surface area contributed by atoms with Gasteiger partial charge in [-0.3, -0.25) is 0 Å². The first-order valence-electron chi connectivity index (χ1n) is 14.6. The Morgan fingerprint density at radius 3 is 1.89 bits per heavy atom. The largest absolute Gasteiger partial charge is 0.490 e. The summed E-state index contributed by atoms with van der Waals surface area (Å²) in [6.45, 7) is 17.0. The van der Waals surface area contributed by atoms with E-state index in [2.05, 4.69) is 107 Å². The summed E-state index contributed by atoms with van der Waals surface area (Å²) in [4.78, 5) is 5.22. The van der Waals surface area contributed by atoms with Crippen molar-refractivity contribution in [3.63, 3.8) is 0 Å². The van der Waals surface area contributed by atoms with E-state index in [0.717, 1.165) is 56.8 Å². The maximum Gasteiger partial charge on any atom is 0.119 e. The van der Waals surface area contributed by atoms with Crippen molar-refractivity contribution in [2.45, 2.75) is 109 Å². The van der Waals surface area contributed by atoms with Crippen LogP contribution in [0.3, 0.4) is 0 Å². The smallest absolute Gasteiger partial charge is 0.119 e. The molecule has 0 aliphatic carbocycles. The van der Waals surface area contributed by atoms with Gasteiger partial charge >= 0.3 is 0 Å². The summed E-state index contributed by atoms with van der Waals surface area (Å²) < 4.78 is 12.8. The maximum absolute atomic E-state index is 6.44. The summed E-state index contributed by atoms with van der Waals surface area (Å²) >= 11 is 0. The molecule has 2 fully saturated rings. The molecule has 204 valence electrons. The van der Waals surface area contributed by atoms with Gasteiger partial charge in [0.05, 0.1) is 0 Å². The number of benzene rings is 2. The molecule has 2 aromatic rings. The Hall–Kier alpha value is -2.04. The standard InChI is InChI=1S/C33H50N2O2/c1-24(2)26-8-12-29(13-9-26)37-32-16-19-34(7)28(23-32)22-25(3)35-20-17-31(18-21-35)36-30-14-10-27(11-15-30)33(4,5)6/h8-15,24-25,28,31-32H,16-23H2,1-7H3. The van der Waals surface area contributed by atoms with E-state index in [1.54, 1.807) is 0 Å². The predicted octanol–water partition coefficient (Wildman–Crippen LogP) is 7.27. The number of piperidine rings is 2. The first kappa shape index (κ1) is 28.0.